The van der Waals surface area contributed by atoms with E-state index in [0.29, 0.717) is 23.7 Å². The molecule has 0 radical (unpaired) electrons. The van der Waals surface area contributed by atoms with Crippen molar-refractivity contribution in [1.82, 2.24) is 9.80 Å². The minimum Gasteiger partial charge on any atom is -0.508 e. The van der Waals surface area contributed by atoms with Crippen molar-refractivity contribution in [3.05, 3.63) is 84.4 Å². The summed E-state index contributed by atoms with van der Waals surface area (Å²) >= 11 is 0. The van der Waals surface area contributed by atoms with Gasteiger partial charge in [0.1, 0.15) is 41.4 Å². The van der Waals surface area contributed by atoms with Crippen LogP contribution in [0.4, 0.5) is 21.0 Å². The number of rotatable bonds is 9. The van der Waals surface area contributed by atoms with Crippen LogP contribution in [-0.4, -0.2) is 76.3 Å². The van der Waals surface area contributed by atoms with Gasteiger partial charge in [-0.05, 0) is 85.2 Å². The van der Waals surface area contributed by atoms with Crippen LogP contribution in [0.1, 0.15) is 61.0 Å². The molecule has 0 fully saturated rings. The van der Waals surface area contributed by atoms with Gasteiger partial charge in [0.2, 0.25) is 11.8 Å². The standard InChI is InChI=1S/C22H28N2O4.C15H22N2O4/c1-16(24(5)21(26)28-22(2,3)4)20(25)23-18-12-9-13-19(14-18)27-15-17-10-7-6-8-11-17;1-10(17(5)14(20)21-15(2,3)4)13(19)16-11-7-6-8-12(18)9-11/h6-14,16H,15H2,1-5H3,(H,23,25);6-10,18H,1-5H3,(H,16,19)/t16-;10-/m00/s1. The lowest BCUT2D eigenvalue weighted by Crippen LogP contribution is -2.45. The van der Waals surface area contributed by atoms with Crippen LogP contribution in [0, 0.1) is 0 Å². The van der Waals surface area contributed by atoms with E-state index in [1.54, 1.807) is 85.7 Å². The SMILES string of the molecule is C[C@@H](C(=O)Nc1cccc(O)c1)N(C)C(=O)OC(C)(C)C.C[C@@H](C(=O)Nc1cccc(OCc2ccccc2)c1)N(C)C(=O)OC(C)(C)C. The lowest BCUT2D eigenvalue weighted by Gasteiger charge is -2.28. The molecule has 49 heavy (non-hydrogen) atoms. The second-order valence-electron chi connectivity index (χ2n) is 13.4. The quantitative estimate of drug-likeness (QED) is 0.218. The normalized spacial score (nSPS) is 12.2. The molecule has 0 saturated carbocycles. The predicted octanol–water partition coefficient (Wildman–Crippen LogP) is 7.05. The second kappa shape index (κ2) is 17.8. The Labute approximate surface area is 289 Å². The van der Waals surface area contributed by atoms with E-state index in [9.17, 15) is 24.3 Å². The Morgan fingerprint density at radius 1 is 0.673 bits per heavy atom. The number of phenolic OH excluding ortho intramolecular Hbond substituents is 1. The third-order valence-electron chi connectivity index (χ3n) is 6.75. The highest BCUT2D eigenvalue weighted by Gasteiger charge is 2.28. The number of aromatic hydroxyl groups is 1. The molecule has 0 bridgehead atoms. The van der Waals surface area contributed by atoms with Crippen LogP contribution in [0.25, 0.3) is 0 Å². The Kier molecular flexibility index (Phi) is 14.5. The number of likely N-dealkylation sites (N-methyl/N-ethyl adjacent to an activating group) is 2. The molecule has 3 N–H and O–H groups in total. The summed E-state index contributed by atoms with van der Waals surface area (Å²) in [5.74, 6) is 0.0262. The number of carbonyl (C=O) groups excluding carboxylic acids is 4. The Balaban J connectivity index is 0.000000355. The summed E-state index contributed by atoms with van der Waals surface area (Å²) in [6.45, 7) is 14.3. The highest BCUT2D eigenvalue weighted by atomic mass is 16.6. The molecule has 0 saturated heterocycles. The topological polar surface area (TPSA) is 147 Å². The Morgan fingerprint density at radius 3 is 1.57 bits per heavy atom. The first-order chi connectivity index (χ1) is 22.8. The van der Waals surface area contributed by atoms with E-state index in [1.807, 2.05) is 36.4 Å². The first-order valence-electron chi connectivity index (χ1n) is 15.8. The number of nitrogens with zero attached hydrogens (tertiary/aromatic N) is 2. The van der Waals surface area contributed by atoms with E-state index in [4.69, 9.17) is 14.2 Å². The molecule has 4 amide bonds. The van der Waals surface area contributed by atoms with Gasteiger partial charge in [0.15, 0.2) is 0 Å². The lowest BCUT2D eigenvalue weighted by molar-refractivity contribution is -0.121. The van der Waals surface area contributed by atoms with Crippen molar-refractivity contribution >= 4 is 35.4 Å². The van der Waals surface area contributed by atoms with E-state index in [-0.39, 0.29) is 17.6 Å². The highest BCUT2D eigenvalue weighted by molar-refractivity contribution is 5.97. The molecule has 3 aromatic carbocycles. The molecule has 0 unspecified atom stereocenters. The number of anilines is 2. The molecule has 12 nitrogen and oxygen atoms in total. The van der Waals surface area contributed by atoms with Gasteiger partial charge in [-0.1, -0.05) is 42.5 Å². The van der Waals surface area contributed by atoms with Gasteiger partial charge in [0.05, 0.1) is 0 Å². The fraction of sp³-hybridized carbons (Fsp3) is 0.405. The number of carbonyl (C=O) groups is 4. The molecule has 0 aliphatic heterocycles. The summed E-state index contributed by atoms with van der Waals surface area (Å²) in [4.78, 5) is 51.1. The molecule has 0 spiro atoms. The van der Waals surface area contributed by atoms with Crippen LogP contribution in [0.2, 0.25) is 0 Å². The summed E-state index contributed by atoms with van der Waals surface area (Å²) in [5.41, 5.74) is 0.882. The summed E-state index contributed by atoms with van der Waals surface area (Å²) in [5, 5.41) is 14.8. The fourth-order valence-electron chi connectivity index (χ4n) is 3.82. The summed E-state index contributed by atoms with van der Waals surface area (Å²) in [6.07, 6.45) is -1.11. The van der Waals surface area contributed by atoms with Crippen molar-refractivity contribution in [3.8, 4) is 11.5 Å². The molecule has 0 heterocycles. The maximum absolute atomic E-state index is 12.5. The largest absolute Gasteiger partial charge is 0.508 e. The van der Waals surface area contributed by atoms with E-state index in [0.717, 1.165) is 5.56 Å². The van der Waals surface area contributed by atoms with Gasteiger partial charge < -0.3 is 30.0 Å². The number of hydrogen-bond acceptors (Lipinski definition) is 8. The van der Waals surface area contributed by atoms with Gasteiger partial charge >= 0.3 is 12.2 Å². The van der Waals surface area contributed by atoms with Crippen molar-refractivity contribution in [3.63, 3.8) is 0 Å². The molecular formula is C37H50N4O8. The Hall–Kier alpha value is -5.26. The monoisotopic (exact) mass is 678 g/mol. The molecular weight excluding hydrogens is 628 g/mol. The third kappa shape index (κ3) is 14.6. The molecule has 0 aliphatic carbocycles. The van der Waals surface area contributed by atoms with E-state index < -0.39 is 35.5 Å². The average Bonchev–Trinajstić information content (AvgIpc) is 3.01. The number of nitrogens with one attached hydrogen (secondary N) is 2. The van der Waals surface area contributed by atoms with E-state index in [2.05, 4.69) is 10.6 Å². The zero-order chi connectivity index (χ0) is 36.9. The Morgan fingerprint density at radius 2 is 1.12 bits per heavy atom. The third-order valence-corrected chi connectivity index (χ3v) is 6.75. The van der Waals surface area contributed by atoms with Crippen LogP contribution in [-0.2, 0) is 25.7 Å². The van der Waals surface area contributed by atoms with Gasteiger partial charge in [-0.2, -0.15) is 0 Å². The molecule has 0 aromatic heterocycles. The zero-order valence-corrected chi connectivity index (χ0v) is 30.1. The number of amides is 4. The summed E-state index contributed by atoms with van der Waals surface area (Å²) < 4.78 is 16.3. The molecule has 0 aliphatic rings. The predicted molar refractivity (Wildman–Crippen MR) is 190 cm³/mol. The molecule has 266 valence electrons. The molecule has 3 aromatic rings. The van der Waals surface area contributed by atoms with Crippen molar-refractivity contribution < 1.29 is 38.5 Å². The van der Waals surface area contributed by atoms with Gasteiger partial charge in [0, 0.05) is 37.6 Å². The second-order valence-corrected chi connectivity index (χ2v) is 13.4. The number of phenols is 1. The smallest absolute Gasteiger partial charge is 0.410 e. The van der Waals surface area contributed by atoms with Crippen LogP contribution in [0.5, 0.6) is 11.5 Å². The number of hydrogen-bond donors (Lipinski definition) is 3. The first kappa shape index (κ1) is 39.9. The summed E-state index contributed by atoms with van der Waals surface area (Å²) in [6, 6.07) is 21.8. The van der Waals surface area contributed by atoms with E-state index >= 15 is 0 Å². The van der Waals surface area contributed by atoms with Crippen molar-refractivity contribution in [1.29, 1.82) is 0 Å². The molecule has 3 rings (SSSR count). The van der Waals surface area contributed by atoms with Gasteiger partial charge in [-0.25, -0.2) is 9.59 Å². The zero-order valence-electron chi connectivity index (χ0n) is 30.1. The Bertz CT molecular complexity index is 1550. The van der Waals surface area contributed by atoms with E-state index in [1.165, 1.54) is 36.0 Å². The highest BCUT2D eigenvalue weighted by Crippen LogP contribution is 2.20. The lowest BCUT2D eigenvalue weighted by atomic mass is 10.2. The maximum Gasteiger partial charge on any atom is 0.410 e. The van der Waals surface area contributed by atoms with Crippen LogP contribution in [0.15, 0.2) is 78.9 Å². The average molecular weight is 679 g/mol. The van der Waals surface area contributed by atoms with Crippen LogP contribution >= 0.6 is 0 Å². The molecule has 12 heteroatoms. The number of ether oxygens (including phenoxy) is 3. The number of benzene rings is 3. The molecule has 2 atom stereocenters. The van der Waals surface area contributed by atoms with Crippen molar-refractivity contribution in [2.75, 3.05) is 24.7 Å². The minimum atomic E-state index is -0.706. The van der Waals surface area contributed by atoms with Crippen LogP contribution < -0.4 is 15.4 Å². The van der Waals surface area contributed by atoms with Crippen LogP contribution in [0.3, 0.4) is 0 Å². The summed E-state index contributed by atoms with van der Waals surface area (Å²) in [7, 11) is 3.04. The fourth-order valence-corrected chi connectivity index (χ4v) is 3.82. The first-order valence-corrected chi connectivity index (χ1v) is 15.8. The van der Waals surface area contributed by atoms with Gasteiger partial charge in [-0.15, -0.1) is 0 Å². The maximum atomic E-state index is 12.5. The van der Waals surface area contributed by atoms with Crippen molar-refractivity contribution in [2.45, 2.75) is 85.3 Å². The van der Waals surface area contributed by atoms with Crippen molar-refractivity contribution in [2.24, 2.45) is 0 Å². The van der Waals surface area contributed by atoms with Gasteiger partial charge in [-0.3, -0.25) is 19.4 Å². The minimum absolute atomic E-state index is 0.0564. The van der Waals surface area contributed by atoms with Gasteiger partial charge in [0.25, 0.3) is 0 Å².